The van der Waals surface area contributed by atoms with Crippen LogP contribution in [0.4, 0.5) is 5.69 Å². The summed E-state index contributed by atoms with van der Waals surface area (Å²) in [6.07, 6.45) is -0.590. The van der Waals surface area contributed by atoms with Crippen LogP contribution in [0.3, 0.4) is 0 Å². The van der Waals surface area contributed by atoms with E-state index in [1.165, 1.54) is 0 Å². The van der Waals surface area contributed by atoms with Gasteiger partial charge in [0.05, 0.1) is 28.0 Å². The second-order valence-electron chi connectivity index (χ2n) is 9.41. The largest absolute Gasteiger partial charge is 0.449 e. The van der Waals surface area contributed by atoms with E-state index in [1.54, 1.807) is 18.2 Å². The third-order valence-electron chi connectivity index (χ3n) is 6.64. The fraction of sp³-hybridized carbons (Fsp3) is 0.152. The van der Waals surface area contributed by atoms with E-state index in [9.17, 15) is 9.59 Å². The van der Waals surface area contributed by atoms with Crippen LogP contribution in [0.15, 0.2) is 97.1 Å². The van der Waals surface area contributed by atoms with E-state index in [0.29, 0.717) is 23.0 Å². The lowest BCUT2D eigenvalue weighted by atomic mass is 10.0. The Morgan fingerprint density at radius 3 is 1.87 bits per heavy atom. The molecule has 5 rings (SSSR count). The Hall–Kier alpha value is -4.84. The maximum atomic E-state index is 13.1. The molecule has 0 bridgehead atoms. The number of carbonyl (C=O) groups excluding carboxylic acids is 2. The van der Waals surface area contributed by atoms with Gasteiger partial charge in [0, 0.05) is 16.8 Å². The van der Waals surface area contributed by atoms with Gasteiger partial charge in [-0.25, -0.2) is 14.8 Å². The van der Waals surface area contributed by atoms with Crippen molar-refractivity contribution in [3.05, 3.63) is 114 Å². The Bertz CT molecular complexity index is 1630. The number of rotatable bonds is 7. The van der Waals surface area contributed by atoms with Crippen molar-refractivity contribution in [2.45, 2.75) is 33.3 Å². The van der Waals surface area contributed by atoms with Crippen molar-refractivity contribution < 1.29 is 14.3 Å². The molecule has 1 aromatic heterocycles. The molecule has 39 heavy (non-hydrogen) atoms. The second-order valence-corrected chi connectivity index (χ2v) is 9.41. The molecule has 194 valence electrons. The molecule has 0 fully saturated rings. The van der Waals surface area contributed by atoms with Crippen LogP contribution in [0.5, 0.6) is 0 Å². The van der Waals surface area contributed by atoms with Crippen LogP contribution >= 0.6 is 0 Å². The molecule has 6 heteroatoms. The molecular weight excluding hydrogens is 486 g/mol. The summed E-state index contributed by atoms with van der Waals surface area (Å²) in [7, 11) is 0. The first-order valence-electron chi connectivity index (χ1n) is 12.9. The lowest BCUT2D eigenvalue weighted by Gasteiger charge is -2.18. The summed E-state index contributed by atoms with van der Waals surface area (Å²) in [4.78, 5) is 36.0. The number of nitrogens with one attached hydrogen (secondary N) is 1. The number of carbonyl (C=O) groups is 2. The fourth-order valence-corrected chi connectivity index (χ4v) is 4.51. The molecule has 6 nitrogen and oxygen atoms in total. The molecule has 0 radical (unpaired) electrons. The highest BCUT2D eigenvalue weighted by Crippen LogP contribution is 2.31. The summed E-state index contributed by atoms with van der Waals surface area (Å²) in [5.41, 5.74) is 7.52. The Labute approximate surface area is 227 Å². The zero-order chi connectivity index (χ0) is 27.4. The monoisotopic (exact) mass is 515 g/mol. The van der Waals surface area contributed by atoms with Crippen molar-refractivity contribution >= 4 is 28.6 Å². The topological polar surface area (TPSA) is 81.2 Å². The number of nitrogens with zero attached hydrogens (tertiary/aromatic N) is 2. The lowest BCUT2D eigenvalue weighted by Crippen LogP contribution is -2.32. The minimum Gasteiger partial charge on any atom is -0.449 e. The number of para-hydroxylation sites is 1. The van der Waals surface area contributed by atoms with Gasteiger partial charge in [-0.1, -0.05) is 85.8 Å². The van der Waals surface area contributed by atoms with Gasteiger partial charge >= 0.3 is 5.97 Å². The summed E-state index contributed by atoms with van der Waals surface area (Å²) < 4.78 is 5.66. The van der Waals surface area contributed by atoms with Crippen molar-refractivity contribution in [3.8, 4) is 22.5 Å². The Morgan fingerprint density at radius 2 is 1.31 bits per heavy atom. The first-order chi connectivity index (χ1) is 18.9. The minimum absolute atomic E-state index is 0.307. The van der Waals surface area contributed by atoms with E-state index >= 15 is 0 Å². The highest BCUT2D eigenvalue weighted by atomic mass is 16.5. The van der Waals surface area contributed by atoms with Crippen LogP contribution in [0, 0.1) is 13.8 Å². The maximum Gasteiger partial charge on any atom is 0.338 e. The number of amides is 1. The number of benzene rings is 4. The smallest absolute Gasteiger partial charge is 0.338 e. The summed E-state index contributed by atoms with van der Waals surface area (Å²) in [5.74, 6) is -0.946. The number of fused-ring (bicyclic) bond motifs is 1. The lowest BCUT2D eigenvalue weighted by molar-refractivity contribution is -0.124. The molecule has 4 aromatic carbocycles. The van der Waals surface area contributed by atoms with Crippen LogP contribution in [0.2, 0.25) is 0 Å². The summed E-state index contributed by atoms with van der Waals surface area (Å²) in [5, 5.41) is 2.92. The number of aromatic nitrogens is 2. The van der Waals surface area contributed by atoms with Gasteiger partial charge in [0.1, 0.15) is 0 Å². The molecule has 1 N–H and O–H groups in total. The normalized spacial score (nSPS) is 11.7. The molecule has 1 heterocycles. The Balaban J connectivity index is 1.45. The Morgan fingerprint density at radius 1 is 0.744 bits per heavy atom. The number of esters is 1. The molecule has 0 aliphatic rings. The van der Waals surface area contributed by atoms with Crippen molar-refractivity contribution in [1.29, 1.82) is 0 Å². The average Bonchev–Trinajstić information content (AvgIpc) is 2.97. The number of hydrogen-bond donors (Lipinski definition) is 1. The molecule has 1 atom stereocenters. The number of hydrogen-bond acceptors (Lipinski definition) is 5. The van der Waals surface area contributed by atoms with E-state index < -0.39 is 12.1 Å². The van der Waals surface area contributed by atoms with Gasteiger partial charge in [-0.15, -0.1) is 0 Å². The summed E-state index contributed by atoms with van der Waals surface area (Å²) in [6, 6.07) is 30.6. The van der Waals surface area contributed by atoms with E-state index in [2.05, 4.69) is 5.32 Å². The van der Waals surface area contributed by atoms with Crippen molar-refractivity contribution in [1.82, 2.24) is 9.97 Å². The van der Waals surface area contributed by atoms with Crippen LogP contribution in [0.25, 0.3) is 33.5 Å². The third kappa shape index (κ3) is 5.55. The molecule has 0 aliphatic heterocycles. The molecule has 0 saturated heterocycles. The van der Waals surface area contributed by atoms with Gasteiger partial charge in [0.25, 0.3) is 5.91 Å². The van der Waals surface area contributed by atoms with Gasteiger partial charge in [0.2, 0.25) is 0 Å². The highest BCUT2D eigenvalue weighted by molar-refractivity contribution is 5.99. The van der Waals surface area contributed by atoms with Crippen LogP contribution < -0.4 is 5.32 Å². The molecular formula is C33H29N3O3. The van der Waals surface area contributed by atoms with E-state index in [-0.39, 0.29) is 5.91 Å². The van der Waals surface area contributed by atoms with Gasteiger partial charge < -0.3 is 10.1 Å². The average molecular weight is 516 g/mol. The first-order valence-corrected chi connectivity index (χ1v) is 12.9. The van der Waals surface area contributed by atoms with E-state index in [4.69, 9.17) is 14.7 Å². The van der Waals surface area contributed by atoms with E-state index in [0.717, 1.165) is 39.3 Å². The summed E-state index contributed by atoms with van der Waals surface area (Å²) in [6.45, 7) is 5.67. The van der Waals surface area contributed by atoms with Crippen molar-refractivity contribution in [3.63, 3.8) is 0 Å². The number of ether oxygens (including phenoxy) is 1. The van der Waals surface area contributed by atoms with Crippen LogP contribution in [-0.2, 0) is 9.53 Å². The van der Waals surface area contributed by atoms with Gasteiger partial charge in [-0.2, -0.15) is 0 Å². The van der Waals surface area contributed by atoms with Gasteiger partial charge in [0.15, 0.2) is 6.10 Å². The highest BCUT2D eigenvalue weighted by Gasteiger charge is 2.24. The molecule has 0 saturated carbocycles. The standard InChI is InChI=1S/C33H29N3O3/c1-4-28(32(37)36-29-21(2)12-11-13-22(29)3)39-33(38)25-18-19-26-27(20-25)35-31(24-16-9-6-10-17-24)30(34-26)23-14-7-5-8-15-23/h5-20,28H,4H2,1-3H3,(H,36,37). The Kier molecular flexibility index (Phi) is 7.46. The third-order valence-corrected chi connectivity index (χ3v) is 6.64. The maximum absolute atomic E-state index is 13.1. The van der Waals surface area contributed by atoms with Crippen molar-refractivity contribution in [2.24, 2.45) is 0 Å². The minimum atomic E-state index is -0.932. The zero-order valence-electron chi connectivity index (χ0n) is 22.1. The van der Waals surface area contributed by atoms with Gasteiger partial charge in [-0.05, 0) is 49.6 Å². The zero-order valence-corrected chi connectivity index (χ0v) is 22.1. The number of anilines is 1. The molecule has 5 aromatic rings. The second kappa shape index (κ2) is 11.3. The first kappa shape index (κ1) is 25.8. The predicted molar refractivity (Wildman–Crippen MR) is 154 cm³/mol. The molecule has 1 unspecified atom stereocenters. The molecule has 0 spiro atoms. The SMILES string of the molecule is CCC(OC(=O)c1ccc2nc(-c3ccccc3)c(-c3ccccc3)nc2c1)C(=O)Nc1c(C)cccc1C. The van der Waals surface area contributed by atoms with Gasteiger partial charge in [-0.3, -0.25) is 4.79 Å². The summed E-state index contributed by atoms with van der Waals surface area (Å²) >= 11 is 0. The predicted octanol–water partition coefficient (Wildman–Crippen LogP) is 7.15. The quantitative estimate of drug-likeness (QED) is 0.233. The van der Waals surface area contributed by atoms with Crippen LogP contribution in [-0.4, -0.2) is 27.9 Å². The fourth-order valence-electron chi connectivity index (χ4n) is 4.51. The number of aryl methyl sites for hydroxylation is 2. The molecule has 1 amide bonds. The van der Waals surface area contributed by atoms with Crippen molar-refractivity contribution in [2.75, 3.05) is 5.32 Å². The van der Waals surface area contributed by atoms with Crippen LogP contribution in [0.1, 0.15) is 34.8 Å². The van der Waals surface area contributed by atoms with E-state index in [1.807, 2.05) is 99.6 Å². The molecule has 0 aliphatic carbocycles.